The fraction of sp³-hybridized carbons (Fsp3) is 0. The molecule has 0 aromatic heterocycles. The zero-order chi connectivity index (χ0) is 21.7. The van der Waals surface area contributed by atoms with Gasteiger partial charge in [-0.05, 0) is 53.6 Å². The summed E-state index contributed by atoms with van der Waals surface area (Å²) in [6.45, 7) is 0. The van der Waals surface area contributed by atoms with Crippen molar-refractivity contribution in [3.8, 4) is 23.6 Å². The molecule has 3 aromatic carbocycles. The molecule has 146 valence electrons. The van der Waals surface area contributed by atoms with Crippen molar-refractivity contribution >= 4 is 28.8 Å². The Morgan fingerprint density at radius 2 is 1.16 bits per heavy atom. The van der Waals surface area contributed by atoms with Crippen molar-refractivity contribution in [3.05, 3.63) is 87.3 Å². The molecule has 0 amide bonds. The predicted molar refractivity (Wildman–Crippen MR) is 109 cm³/mol. The van der Waals surface area contributed by atoms with Gasteiger partial charge in [-0.3, -0.25) is 0 Å². The molecule has 0 bridgehead atoms. The van der Waals surface area contributed by atoms with Crippen LogP contribution in [0.2, 0.25) is 0 Å². The molecule has 0 fully saturated rings. The van der Waals surface area contributed by atoms with Gasteiger partial charge in [0.25, 0.3) is 0 Å². The number of carbonyl (C=O) groups excluding carboxylic acids is 2. The number of hydrogen-bond donors (Lipinski definition) is 1. The molecule has 0 unspecified atom stereocenters. The van der Waals surface area contributed by atoms with E-state index in [1.807, 2.05) is 12.1 Å². The van der Waals surface area contributed by atoms with E-state index in [0.717, 1.165) is 0 Å². The Kier molecular flexibility index (Phi) is 3.86. The number of carbonyl (C=O) groups is 2. The molecule has 2 aliphatic rings. The first kappa shape index (κ1) is 18.2. The molecular formula is C24H11N3O4. The lowest BCUT2D eigenvalue weighted by molar-refractivity contribution is -0.128. The van der Waals surface area contributed by atoms with Crippen molar-refractivity contribution in [1.82, 2.24) is 0 Å². The Balaban J connectivity index is 1.78. The topological polar surface area (TPSA) is 126 Å². The summed E-state index contributed by atoms with van der Waals surface area (Å²) in [6.07, 6.45) is 0. The number of nitrogens with zero attached hydrogens (tertiary/aromatic N) is 2. The van der Waals surface area contributed by atoms with Crippen LogP contribution in [0.5, 0.6) is 11.5 Å². The number of nitrogen functional groups attached to an aromatic ring is 1. The summed E-state index contributed by atoms with van der Waals surface area (Å²) in [5, 5.41) is 19.4. The molecule has 2 N–H and O–H groups in total. The third-order valence-electron chi connectivity index (χ3n) is 5.11. The summed E-state index contributed by atoms with van der Waals surface area (Å²) < 4.78 is 10.9. The number of fused-ring (bicyclic) bond motifs is 2. The van der Waals surface area contributed by atoms with Gasteiger partial charge in [-0.1, -0.05) is 12.1 Å². The molecule has 5 rings (SSSR count). The highest BCUT2D eigenvalue weighted by Gasteiger charge is 2.30. The highest BCUT2D eigenvalue weighted by atomic mass is 16.5. The number of benzene rings is 3. The van der Waals surface area contributed by atoms with Gasteiger partial charge in [0.15, 0.2) is 0 Å². The van der Waals surface area contributed by atoms with Gasteiger partial charge >= 0.3 is 11.9 Å². The third-order valence-corrected chi connectivity index (χ3v) is 5.11. The summed E-state index contributed by atoms with van der Waals surface area (Å²) in [5.74, 6) is -0.568. The zero-order valence-corrected chi connectivity index (χ0v) is 15.8. The second-order valence-electron chi connectivity index (χ2n) is 7.02. The Labute approximate surface area is 175 Å². The quantitative estimate of drug-likeness (QED) is 0.386. The molecule has 0 radical (unpaired) electrons. The normalized spacial score (nSPS) is 13.7. The summed E-state index contributed by atoms with van der Waals surface area (Å²) >= 11 is 0. The van der Waals surface area contributed by atoms with Gasteiger partial charge in [-0.15, -0.1) is 0 Å². The van der Waals surface area contributed by atoms with Crippen LogP contribution >= 0.6 is 0 Å². The van der Waals surface area contributed by atoms with E-state index in [4.69, 9.17) is 15.2 Å². The second kappa shape index (κ2) is 6.58. The summed E-state index contributed by atoms with van der Waals surface area (Å²) in [4.78, 5) is 25.2. The average molecular weight is 405 g/mol. The standard InChI is InChI=1S/C24H11N3O4/c25-10-12-5-13(11-26)7-15(6-12)22-18-9-19-17(8-20(18)31-24(22)29)21(23(28)30-19)14-1-3-16(27)4-2-14/h1-9H,27H2. The van der Waals surface area contributed by atoms with E-state index in [-0.39, 0.29) is 22.4 Å². The fourth-order valence-electron chi connectivity index (χ4n) is 3.74. The van der Waals surface area contributed by atoms with E-state index < -0.39 is 11.9 Å². The van der Waals surface area contributed by atoms with Crippen LogP contribution in [0, 0.1) is 22.7 Å². The van der Waals surface area contributed by atoms with Gasteiger partial charge in [-0.25, -0.2) is 9.59 Å². The molecule has 0 atom stereocenters. The molecule has 7 nitrogen and oxygen atoms in total. The molecule has 3 aromatic rings. The molecule has 31 heavy (non-hydrogen) atoms. The van der Waals surface area contributed by atoms with Crippen molar-refractivity contribution in [2.45, 2.75) is 0 Å². The summed E-state index contributed by atoms with van der Waals surface area (Å²) in [6, 6.07) is 18.4. The van der Waals surface area contributed by atoms with Crippen LogP contribution in [0.1, 0.15) is 22.3 Å². The van der Waals surface area contributed by atoms with Gasteiger partial charge in [0.1, 0.15) is 11.5 Å². The second-order valence-corrected chi connectivity index (χ2v) is 7.02. The highest BCUT2D eigenvalue weighted by Crippen LogP contribution is 2.28. The van der Waals surface area contributed by atoms with E-state index in [1.165, 1.54) is 18.2 Å². The molecule has 0 spiro atoms. The lowest BCUT2D eigenvalue weighted by Crippen LogP contribution is -2.11. The van der Waals surface area contributed by atoms with Crippen molar-refractivity contribution in [2.24, 2.45) is 0 Å². The number of esters is 2. The Morgan fingerprint density at radius 1 is 0.677 bits per heavy atom. The maximum atomic E-state index is 12.7. The van der Waals surface area contributed by atoms with Gasteiger partial charge in [-0.2, -0.15) is 10.5 Å². The van der Waals surface area contributed by atoms with Gasteiger partial charge in [0.05, 0.1) is 34.4 Å². The number of anilines is 1. The SMILES string of the molecule is N#Cc1cc(C#N)cc(C2=c3cc4c(cc3OC2=O)=C(c2ccc(N)cc2)C(=O)O4)c1. The van der Waals surface area contributed by atoms with Crippen molar-refractivity contribution < 1.29 is 19.1 Å². The number of nitrogens with two attached hydrogens (primary N) is 1. The van der Waals surface area contributed by atoms with Crippen LogP contribution in [-0.2, 0) is 9.59 Å². The minimum absolute atomic E-state index is 0.198. The maximum absolute atomic E-state index is 12.7. The van der Waals surface area contributed by atoms with Gasteiger partial charge in [0.2, 0.25) is 0 Å². The highest BCUT2D eigenvalue weighted by molar-refractivity contribution is 6.21. The zero-order valence-electron chi connectivity index (χ0n) is 15.8. The number of rotatable bonds is 2. The maximum Gasteiger partial charge on any atom is 0.344 e. The minimum atomic E-state index is -0.613. The van der Waals surface area contributed by atoms with Crippen LogP contribution < -0.4 is 25.6 Å². The summed E-state index contributed by atoms with van der Waals surface area (Å²) in [7, 11) is 0. The van der Waals surface area contributed by atoms with E-state index in [9.17, 15) is 20.1 Å². The number of nitriles is 2. The Morgan fingerprint density at radius 3 is 1.65 bits per heavy atom. The molecule has 0 aliphatic carbocycles. The minimum Gasteiger partial charge on any atom is -0.422 e. The Bertz CT molecular complexity index is 1510. The largest absolute Gasteiger partial charge is 0.422 e. The molecule has 7 heteroatoms. The van der Waals surface area contributed by atoms with Crippen LogP contribution in [0.25, 0.3) is 11.1 Å². The first-order chi connectivity index (χ1) is 15.0. The number of hydrogen-bond acceptors (Lipinski definition) is 7. The lowest BCUT2D eigenvalue weighted by atomic mass is 9.98. The van der Waals surface area contributed by atoms with E-state index in [2.05, 4.69) is 0 Å². The lowest BCUT2D eigenvalue weighted by Gasteiger charge is -2.02. The van der Waals surface area contributed by atoms with E-state index in [0.29, 0.717) is 38.6 Å². The van der Waals surface area contributed by atoms with Gasteiger partial charge in [0, 0.05) is 16.1 Å². The van der Waals surface area contributed by atoms with E-state index >= 15 is 0 Å². The fourth-order valence-corrected chi connectivity index (χ4v) is 3.74. The smallest absolute Gasteiger partial charge is 0.344 e. The van der Waals surface area contributed by atoms with Crippen molar-refractivity contribution in [3.63, 3.8) is 0 Å². The van der Waals surface area contributed by atoms with Crippen LogP contribution in [0.4, 0.5) is 5.69 Å². The molecule has 2 aliphatic heterocycles. The van der Waals surface area contributed by atoms with E-state index in [1.54, 1.807) is 36.4 Å². The van der Waals surface area contributed by atoms with Crippen molar-refractivity contribution in [2.75, 3.05) is 5.73 Å². The Hall–Kier alpha value is -4.88. The predicted octanol–water partition coefficient (Wildman–Crippen LogP) is 1.25. The van der Waals surface area contributed by atoms with Crippen molar-refractivity contribution in [1.29, 1.82) is 10.5 Å². The third kappa shape index (κ3) is 2.81. The van der Waals surface area contributed by atoms with Gasteiger partial charge < -0.3 is 15.2 Å². The monoisotopic (exact) mass is 405 g/mol. The number of ether oxygens (including phenoxy) is 2. The van der Waals surface area contributed by atoms with Crippen LogP contribution in [0.3, 0.4) is 0 Å². The van der Waals surface area contributed by atoms with Crippen LogP contribution in [0.15, 0.2) is 54.6 Å². The first-order valence-electron chi connectivity index (χ1n) is 9.17. The average Bonchev–Trinajstić information content (AvgIpc) is 3.26. The molecular weight excluding hydrogens is 394 g/mol. The van der Waals surface area contributed by atoms with Crippen LogP contribution in [-0.4, -0.2) is 11.9 Å². The molecule has 2 heterocycles. The summed E-state index contributed by atoms with van der Waals surface area (Å²) in [5.41, 5.74) is 8.34. The first-order valence-corrected chi connectivity index (χ1v) is 9.17. The molecule has 0 saturated heterocycles. The molecule has 0 saturated carbocycles.